The van der Waals surface area contributed by atoms with E-state index in [9.17, 15) is 48.3 Å². The van der Waals surface area contributed by atoms with E-state index in [2.05, 4.69) is 16.0 Å². The number of hydrogen-bond donors (Lipinski definition) is 4. The number of fused-ring (bicyclic) bond motifs is 1. The van der Waals surface area contributed by atoms with E-state index in [1.165, 1.54) is 73.7 Å². The van der Waals surface area contributed by atoms with Crippen molar-refractivity contribution in [3.05, 3.63) is 0 Å². The molecule has 6 aliphatic rings. The van der Waals surface area contributed by atoms with E-state index in [-0.39, 0.29) is 44.6 Å². The number of aldehydes is 2. The molecule has 10 amide bonds. The van der Waals surface area contributed by atoms with Crippen molar-refractivity contribution in [1.29, 1.82) is 0 Å². The Balaban J connectivity index is 1.44. The Bertz CT molecular complexity index is 2510. The highest BCUT2D eigenvalue weighted by molar-refractivity contribution is 5.98. The number of likely N-dealkylation sites (tertiary alicyclic amines) is 1. The second-order valence-electron chi connectivity index (χ2n) is 26.5. The summed E-state index contributed by atoms with van der Waals surface area (Å²) in [6.07, 6.45) is 13.2. The fraction of sp³-hybridized carbons (Fsp3) is 0.810. The number of nitrogens with zero attached hydrogens (tertiary/aromatic N) is 9. The van der Waals surface area contributed by atoms with Crippen molar-refractivity contribution in [1.82, 2.24) is 60.0 Å². The maximum atomic E-state index is 15.9. The number of amides is 10. The van der Waals surface area contributed by atoms with Gasteiger partial charge in [-0.1, -0.05) is 84.5 Å². The molecule has 0 unspecified atom stereocenters. The Kier molecular flexibility index (Phi) is 25.5. The van der Waals surface area contributed by atoms with Crippen molar-refractivity contribution in [2.45, 2.75) is 216 Å². The highest BCUT2D eigenvalue weighted by atomic mass is 16.3. The minimum Gasteiger partial charge on any atom is -0.396 e. The van der Waals surface area contributed by atoms with Crippen molar-refractivity contribution in [3.63, 3.8) is 0 Å². The van der Waals surface area contributed by atoms with Gasteiger partial charge in [0.15, 0.2) is 23.9 Å². The first-order valence-electron chi connectivity index (χ1n) is 32.6. The third-order valence-corrected chi connectivity index (χ3v) is 20.8. The molecule has 494 valence electrons. The van der Waals surface area contributed by atoms with Crippen LogP contribution in [0.4, 0.5) is 0 Å². The number of nitrogens with one attached hydrogen (secondary N) is 3. The van der Waals surface area contributed by atoms with Gasteiger partial charge in [-0.05, 0) is 90.0 Å². The molecule has 3 heterocycles. The van der Waals surface area contributed by atoms with Crippen LogP contribution in [0.1, 0.15) is 168 Å². The molecule has 25 heteroatoms. The van der Waals surface area contributed by atoms with Gasteiger partial charge in [-0.15, -0.1) is 0 Å². The summed E-state index contributed by atoms with van der Waals surface area (Å²) in [6, 6.07) is -5.88. The van der Waals surface area contributed by atoms with Gasteiger partial charge in [0.1, 0.15) is 29.7 Å². The molecule has 6 fully saturated rings. The van der Waals surface area contributed by atoms with E-state index in [1.807, 2.05) is 6.92 Å². The minimum absolute atomic E-state index is 0.0709. The van der Waals surface area contributed by atoms with E-state index < -0.39 is 151 Å². The molecule has 88 heavy (non-hydrogen) atoms. The highest BCUT2D eigenvalue weighted by Crippen LogP contribution is 2.42. The van der Waals surface area contributed by atoms with Gasteiger partial charge in [0, 0.05) is 80.9 Å². The average molecular weight is 1240 g/mol. The Hall–Kier alpha value is -6.08. The molecule has 6 rings (SSSR count). The first-order chi connectivity index (χ1) is 41.8. The zero-order valence-electron chi connectivity index (χ0n) is 54.4. The highest BCUT2D eigenvalue weighted by Gasteiger charge is 2.57. The largest absolute Gasteiger partial charge is 0.396 e. The van der Waals surface area contributed by atoms with Crippen LogP contribution in [-0.2, 0) is 57.5 Å². The molecule has 8 atom stereocenters. The summed E-state index contributed by atoms with van der Waals surface area (Å²) in [4.78, 5) is 187. The Morgan fingerprint density at radius 3 is 1.83 bits per heavy atom. The number of rotatable bonds is 10. The molecule has 0 bridgehead atoms. The summed E-state index contributed by atoms with van der Waals surface area (Å²) in [6.45, 7) is 3.87. The van der Waals surface area contributed by atoms with Gasteiger partial charge in [0.2, 0.25) is 59.1 Å². The van der Waals surface area contributed by atoms with E-state index >= 15 is 14.4 Å². The molecule has 3 aliphatic carbocycles. The van der Waals surface area contributed by atoms with Crippen LogP contribution in [0.5, 0.6) is 0 Å². The predicted octanol–water partition coefficient (Wildman–Crippen LogP) is 1.47. The maximum absolute atomic E-state index is 15.9. The minimum atomic E-state index is -1.96. The summed E-state index contributed by atoms with van der Waals surface area (Å²) in [5.41, 5.74) is -5.40. The Morgan fingerprint density at radius 2 is 1.24 bits per heavy atom. The number of piperidine rings is 1. The number of likely N-dealkylation sites (N-methyl/N-ethyl adjacent to an activating group) is 7. The van der Waals surface area contributed by atoms with Crippen LogP contribution in [0.15, 0.2) is 0 Å². The molecule has 0 aromatic carbocycles. The molecule has 3 saturated heterocycles. The quantitative estimate of drug-likeness (QED) is 0.225. The van der Waals surface area contributed by atoms with Crippen LogP contribution in [0.2, 0.25) is 0 Å². The lowest BCUT2D eigenvalue weighted by Gasteiger charge is -2.54. The zero-order valence-corrected chi connectivity index (χ0v) is 54.4. The molecular formula is C63H104N12O13. The van der Waals surface area contributed by atoms with Gasteiger partial charge in [-0.2, -0.15) is 0 Å². The molecule has 3 aliphatic heterocycles. The van der Waals surface area contributed by atoms with Gasteiger partial charge >= 0.3 is 0 Å². The normalized spacial score (nSPS) is 30.4. The van der Waals surface area contributed by atoms with Crippen molar-refractivity contribution in [2.24, 2.45) is 17.8 Å². The molecule has 1 spiro atoms. The van der Waals surface area contributed by atoms with Crippen molar-refractivity contribution < 1.29 is 62.6 Å². The van der Waals surface area contributed by atoms with Gasteiger partial charge < -0.3 is 55.4 Å². The standard InChI is InChI=1S/C63H104N12O13/c1-11-43(2)54-59(87)69(6)39-52(81)67(4)40-53(82)71(8)48(36-45-24-15-12-16-25-45)57(85)68(5)38-50(79)65-62(41-77,31-35-76)75-34-23-28-47(75)56(84)66-61(29-19-20-30-61)60(88)73(10)63(42-78,46-26-17-13-18-27-46)72(9)49(58(86)74-32-21-14-22-33-74)37-51(80)70(7)44(3)55(83)64-54/h41-49,54,76H,11-40H2,1-10H3,(H,64,83)(H,65,79)(H,66,84)/t43-,44+,47-,48-,49-,54-,62-,63+/m0/s1. The lowest BCUT2D eigenvalue weighted by atomic mass is 9.77. The molecule has 3 saturated carbocycles. The predicted molar refractivity (Wildman–Crippen MR) is 327 cm³/mol. The van der Waals surface area contributed by atoms with Crippen LogP contribution >= 0.6 is 0 Å². The lowest BCUT2D eigenvalue weighted by molar-refractivity contribution is -0.173. The zero-order chi connectivity index (χ0) is 64.8. The number of carbonyl (C=O) groups excluding carboxylic acids is 12. The molecule has 4 N–H and O–H groups in total. The monoisotopic (exact) mass is 1240 g/mol. The second kappa shape index (κ2) is 31.6. The van der Waals surface area contributed by atoms with E-state index in [0.717, 1.165) is 54.7 Å². The third kappa shape index (κ3) is 15.9. The van der Waals surface area contributed by atoms with Crippen LogP contribution in [0.25, 0.3) is 0 Å². The van der Waals surface area contributed by atoms with Gasteiger partial charge in [0.05, 0.1) is 32.1 Å². The molecule has 25 nitrogen and oxygen atoms in total. The van der Waals surface area contributed by atoms with Gasteiger partial charge in [0.25, 0.3) is 0 Å². The second-order valence-corrected chi connectivity index (χ2v) is 26.5. The van der Waals surface area contributed by atoms with Crippen LogP contribution < -0.4 is 16.0 Å². The molecular weight excluding hydrogens is 1130 g/mol. The van der Waals surface area contributed by atoms with Crippen molar-refractivity contribution in [2.75, 3.05) is 95.2 Å². The average Bonchev–Trinajstić information content (AvgIpc) is 1.43. The Labute approximate surface area is 521 Å². The number of aliphatic hydroxyl groups is 1. The van der Waals surface area contributed by atoms with Crippen LogP contribution in [0, 0.1) is 17.8 Å². The van der Waals surface area contributed by atoms with Crippen molar-refractivity contribution >= 4 is 71.6 Å². The smallest absolute Gasteiger partial charge is 0.249 e. The Morgan fingerprint density at radius 1 is 0.648 bits per heavy atom. The summed E-state index contributed by atoms with van der Waals surface area (Å²) < 4.78 is 0. The summed E-state index contributed by atoms with van der Waals surface area (Å²) >= 11 is 0. The molecule has 0 aromatic heterocycles. The van der Waals surface area contributed by atoms with E-state index in [4.69, 9.17) is 0 Å². The molecule has 0 aromatic rings. The maximum Gasteiger partial charge on any atom is 0.249 e. The SMILES string of the molecule is CC[C@H](C)[C@@H]1NC(=O)[C@@H](C)N(C)C(=O)C[C@@H](C(=O)N2CCCCC2)N(C)[C@@](C=O)(C2CCCCC2)N(C)C(=O)C2(CCCC2)NC(=O)[C@@H]2CCCN2[C@](C=O)(CCO)NC(=O)CN(C)C(=O)[C@H](CC2CCCCC2)N(C)C(=O)CN(C)C(=O)CN(C)C1=O. The van der Waals surface area contributed by atoms with Crippen LogP contribution in [-0.4, -0.2) is 263 Å². The summed E-state index contributed by atoms with van der Waals surface area (Å²) in [5, 5.41) is 19.3. The first kappa shape index (κ1) is 71.0. The first-order valence-corrected chi connectivity index (χ1v) is 32.6. The molecule has 0 radical (unpaired) electrons. The number of carbonyl (C=O) groups is 12. The van der Waals surface area contributed by atoms with Gasteiger partial charge in [-0.25, -0.2) is 0 Å². The third-order valence-electron chi connectivity index (χ3n) is 20.8. The fourth-order valence-electron chi connectivity index (χ4n) is 14.7. The lowest BCUT2D eigenvalue weighted by Crippen LogP contribution is -2.73. The van der Waals surface area contributed by atoms with Crippen LogP contribution in [0.3, 0.4) is 0 Å². The summed E-state index contributed by atoms with van der Waals surface area (Å²) in [7, 11) is 10.2. The fourth-order valence-corrected chi connectivity index (χ4v) is 14.7. The van der Waals surface area contributed by atoms with E-state index in [0.29, 0.717) is 89.9 Å². The van der Waals surface area contributed by atoms with Gasteiger partial charge in [-0.3, -0.25) is 67.3 Å². The topological polar surface area (TPSA) is 290 Å². The summed E-state index contributed by atoms with van der Waals surface area (Å²) in [5.74, 6) is -7.06. The van der Waals surface area contributed by atoms with Crippen molar-refractivity contribution in [3.8, 4) is 0 Å². The van der Waals surface area contributed by atoms with E-state index in [1.54, 1.807) is 23.8 Å². The number of aliphatic hydroxyl groups excluding tert-OH is 1. The number of hydrogen-bond acceptors (Lipinski definition) is 15.